The van der Waals surface area contributed by atoms with Crippen molar-refractivity contribution in [3.05, 3.63) is 28.3 Å². The van der Waals surface area contributed by atoms with Crippen molar-refractivity contribution in [1.29, 1.82) is 0 Å². The molecule has 0 bridgehead atoms. The molecule has 0 aromatic heterocycles. The van der Waals surface area contributed by atoms with E-state index in [1.165, 1.54) is 0 Å². The number of hydrogen-bond acceptors (Lipinski definition) is 3. The van der Waals surface area contributed by atoms with Crippen molar-refractivity contribution >= 4 is 23.0 Å². The van der Waals surface area contributed by atoms with Crippen LogP contribution >= 0.6 is 11.6 Å². The molecule has 4 heteroatoms. The fraction of sp³-hybridized carbons (Fsp3) is 0.438. The zero-order valence-electron chi connectivity index (χ0n) is 11.7. The van der Waals surface area contributed by atoms with Crippen LogP contribution in [0.1, 0.15) is 30.4 Å². The third-order valence-corrected chi connectivity index (χ3v) is 4.59. The van der Waals surface area contributed by atoms with Gasteiger partial charge in [-0.05, 0) is 42.4 Å². The van der Waals surface area contributed by atoms with Crippen LogP contribution in [0.15, 0.2) is 12.1 Å². The molecular formula is C16H17ClO3. The quantitative estimate of drug-likeness (QED) is 0.834. The summed E-state index contributed by atoms with van der Waals surface area (Å²) >= 11 is 6.37. The molecule has 0 fully saturated rings. The Morgan fingerprint density at radius 1 is 1.20 bits per heavy atom. The molecule has 0 saturated heterocycles. The highest BCUT2D eigenvalue weighted by Gasteiger charge is 2.33. The van der Waals surface area contributed by atoms with Crippen molar-refractivity contribution in [2.45, 2.75) is 25.7 Å². The van der Waals surface area contributed by atoms with Crippen molar-refractivity contribution in [2.75, 3.05) is 14.2 Å². The average Bonchev–Trinajstić information content (AvgIpc) is 2.46. The van der Waals surface area contributed by atoms with Crippen molar-refractivity contribution in [1.82, 2.24) is 0 Å². The first-order valence-corrected chi connectivity index (χ1v) is 7.21. The van der Waals surface area contributed by atoms with Gasteiger partial charge in [-0.3, -0.25) is 4.79 Å². The van der Waals surface area contributed by atoms with Gasteiger partial charge in [0.1, 0.15) is 0 Å². The molecule has 3 rings (SSSR count). The van der Waals surface area contributed by atoms with Crippen LogP contribution in [-0.2, 0) is 11.2 Å². The lowest BCUT2D eigenvalue weighted by molar-refractivity contribution is -0.115. The highest BCUT2D eigenvalue weighted by molar-refractivity contribution is 6.32. The molecule has 106 valence electrons. The Morgan fingerprint density at radius 3 is 2.65 bits per heavy atom. The van der Waals surface area contributed by atoms with Crippen LogP contribution in [0.3, 0.4) is 0 Å². The third-order valence-electron chi connectivity index (χ3n) is 4.25. The summed E-state index contributed by atoms with van der Waals surface area (Å²) in [6.07, 6.45) is 5.29. The summed E-state index contributed by atoms with van der Waals surface area (Å²) in [5.74, 6) is 1.93. The fourth-order valence-electron chi connectivity index (χ4n) is 3.28. The lowest BCUT2D eigenvalue weighted by Crippen LogP contribution is -2.20. The van der Waals surface area contributed by atoms with Gasteiger partial charge < -0.3 is 9.47 Å². The first-order chi connectivity index (χ1) is 9.65. The summed E-state index contributed by atoms with van der Waals surface area (Å²) in [7, 11) is 3.22. The molecule has 2 aliphatic carbocycles. The maximum absolute atomic E-state index is 11.8. The molecule has 1 aromatic rings. The summed E-state index contributed by atoms with van der Waals surface area (Å²) in [5, 5.41) is 0.690. The Morgan fingerprint density at radius 2 is 1.95 bits per heavy atom. The minimum atomic E-state index is 0.185. The number of benzene rings is 1. The molecule has 3 nitrogen and oxygen atoms in total. The normalized spacial score (nSPS) is 20.9. The maximum Gasteiger partial charge on any atom is 0.168 e. The van der Waals surface area contributed by atoms with Gasteiger partial charge in [0.05, 0.1) is 14.2 Å². The summed E-state index contributed by atoms with van der Waals surface area (Å²) in [5.41, 5.74) is 3.11. The number of ether oxygens (including phenoxy) is 2. The number of rotatable bonds is 2. The summed E-state index contributed by atoms with van der Waals surface area (Å²) < 4.78 is 10.9. The predicted molar refractivity (Wildman–Crippen MR) is 78.6 cm³/mol. The highest BCUT2D eigenvalue weighted by Crippen LogP contribution is 2.49. The zero-order valence-corrected chi connectivity index (χ0v) is 12.4. The molecule has 0 amide bonds. The van der Waals surface area contributed by atoms with Crippen LogP contribution in [-0.4, -0.2) is 20.0 Å². The van der Waals surface area contributed by atoms with Gasteiger partial charge in [-0.2, -0.15) is 0 Å². The first-order valence-electron chi connectivity index (χ1n) is 6.83. The molecule has 0 heterocycles. The summed E-state index contributed by atoms with van der Waals surface area (Å²) in [6.45, 7) is 0. The SMILES string of the molecule is COc1cc(Cl)c2c(c1OC)C1=CC(=O)CCC1CC2. The van der Waals surface area contributed by atoms with Crippen LogP contribution in [0.25, 0.3) is 5.57 Å². The maximum atomic E-state index is 11.8. The van der Waals surface area contributed by atoms with E-state index in [4.69, 9.17) is 21.1 Å². The molecule has 0 aliphatic heterocycles. The zero-order chi connectivity index (χ0) is 14.3. The molecule has 0 N–H and O–H groups in total. The Bertz CT molecular complexity index is 604. The van der Waals surface area contributed by atoms with Gasteiger partial charge in [-0.1, -0.05) is 11.6 Å². The topological polar surface area (TPSA) is 35.5 Å². The number of halogens is 1. The largest absolute Gasteiger partial charge is 0.493 e. The number of carbonyl (C=O) groups excluding carboxylic acids is 1. The van der Waals surface area contributed by atoms with Crippen LogP contribution < -0.4 is 9.47 Å². The number of carbonyl (C=O) groups is 1. The van der Waals surface area contributed by atoms with E-state index in [2.05, 4.69) is 0 Å². The lowest BCUT2D eigenvalue weighted by Gasteiger charge is -2.32. The second-order valence-corrected chi connectivity index (χ2v) is 5.69. The van der Waals surface area contributed by atoms with E-state index in [9.17, 15) is 4.79 Å². The average molecular weight is 293 g/mol. The van der Waals surface area contributed by atoms with Gasteiger partial charge in [-0.15, -0.1) is 0 Å². The van der Waals surface area contributed by atoms with E-state index >= 15 is 0 Å². The van der Waals surface area contributed by atoms with E-state index in [0.717, 1.165) is 36.0 Å². The van der Waals surface area contributed by atoms with E-state index < -0.39 is 0 Å². The molecular weight excluding hydrogens is 276 g/mol. The molecule has 1 aromatic carbocycles. The standard InChI is InChI=1S/C16H17ClO3/c1-19-14-8-13(17)11-6-4-9-3-5-10(18)7-12(9)15(11)16(14)20-2/h7-9H,3-6H2,1-2H3. The second kappa shape index (κ2) is 5.13. The number of hydrogen-bond donors (Lipinski definition) is 0. The minimum Gasteiger partial charge on any atom is -0.493 e. The summed E-state index contributed by atoms with van der Waals surface area (Å²) in [6, 6.07) is 1.80. The monoisotopic (exact) mass is 292 g/mol. The predicted octanol–water partition coefficient (Wildman–Crippen LogP) is 3.67. The van der Waals surface area contributed by atoms with E-state index in [1.807, 2.05) is 0 Å². The van der Waals surface area contributed by atoms with Gasteiger partial charge in [0.25, 0.3) is 0 Å². The van der Waals surface area contributed by atoms with Crippen LogP contribution in [0.4, 0.5) is 0 Å². The molecule has 2 aliphatic rings. The van der Waals surface area contributed by atoms with Gasteiger partial charge in [0, 0.05) is 23.1 Å². The molecule has 1 unspecified atom stereocenters. The van der Waals surface area contributed by atoms with Crippen molar-refractivity contribution in [3.8, 4) is 11.5 Å². The van der Waals surface area contributed by atoms with Crippen molar-refractivity contribution in [2.24, 2.45) is 5.92 Å². The molecule has 20 heavy (non-hydrogen) atoms. The van der Waals surface area contributed by atoms with E-state index in [1.54, 1.807) is 26.4 Å². The summed E-state index contributed by atoms with van der Waals surface area (Å²) in [4.78, 5) is 11.8. The van der Waals surface area contributed by atoms with E-state index in [0.29, 0.717) is 28.9 Å². The number of fused-ring (bicyclic) bond motifs is 3. The Hall–Kier alpha value is -1.48. The van der Waals surface area contributed by atoms with Gasteiger partial charge in [-0.25, -0.2) is 0 Å². The molecule has 1 atom stereocenters. The smallest absolute Gasteiger partial charge is 0.168 e. The van der Waals surface area contributed by atoms with Crippen molar-refractivity contribution < 1.29 is 14.3 Å². The van der Waals surface area contributed by atoms with Gasteiger partial charge >= 0.3 is 0 Å². The van der Waals surface area contributed by atoms with Gasteiger partial charge in [0.2, 0.25) is 0 Å². The van der Waals surface area contributed by atoms with Crippen molar-refractivity contribution in [3.63, 3.8) is 0 Å². The third kappa shape index (κ3) is 2.01. The van der Waals surface area contributed by atoms with Crippen LogP contribution in [0.2, 0.25) is 5.02 Å². The second-order valence-electron chi connectivity index (χ2n) is 5.29. The Balaban J connectivity index is 2.27. The van der Waals surface area contributed by atoms with Gasteiger partial charge in [0.15, 0.2) is 17.3 Å². The lowest BCUT2D eigenvalue weighted by atomic mass is 9.73. The Labute approximate surface area is 123 Å². The van der Waals surface area contributed by atoms with Crippen LogP contribution in [0.5, 0.6) is 11.5 Å². The molecule has 0 spiro atoms. The number of allylic oxidation sites excluding steroid dienone is 2. The number of ketones is 1. The molecule has 0 saturated carbocycles. The highest BCUT2D eigenvalue weighted by atomic mass is 35.5. The van der Waals surface area contributed by atoms with E-state index in [-0.39, 0.29) is 5.78 Å². The fourth-order valence-corrected chi connectivity index (χ4v) is 3.57. The molecule has 0 radical (unpaired) electrons. The minimum absolute atomic E-state index is 0.185. The van der Waals surface area contributed by atoms with Crippen LogP contribution in [0, 0.1) is 5.92 Å². The number of methoxy groups -OCH3 is 2. The first kappa shape index (κ1) is 13.5. The Kier molecular flexibility index (Phi) is 3.47.